The van der Waals surface area contributed by atoms with Crippen molar-refractivity contribution in [3.63, 3.8) is 0 Å². The van der Waals surface area contributed by atoms with Crippen molar-refractivity contribution < 1.29 is 52.3 Å². The van der Waals surface area contributed by atoms with Crippen LogP contribution in [-0.4, -0.2) is 63.6 Å². The minimum absolute atomic E-state index is 0.222. The third-order valence-corrected chi connectivity index (χ3v) is 6.15. The summed E-state index contributed by atoms with van der Waals surface area (Å²) in [6.07, 6.45) is 10.8. The molecule has 232 valence electrons. The van der Waals surface area contributed by atoms with Crippen molar-refractivity contribution in [3.8, 4) is 0 Å². The van der Waals surface area contributed by atoms with Crippen LogP contribution < -0.4 is 0 Å². The van der Waals surface area contributed by atoms with Crippen molar-refractivity contribution in [2.75, 3.05) is 39.7 Å². The number of carbonyl (C=O) groups excluding carboxylic acids is 4. The summed E-state index contributed by atoms with van der Waals surface area (Å²) < 4.78 is 31.4. The number of hydrogen-bond donors (Lipinski definition) is 0. The van der Waals surface area contributed by atoms with Crippen molar-refractivity contribution in [2.45, 2.75) is 116 Å². The Bertz CT molecular complexity index is 700. The second-order valence-corrected chi connectivity index (χ2v) is 10.6. The number of rotatable bonds is 28. The Balaban J connectivity index is 3.42. The normalized spacial score (nSPS) is 11.1. The fourth-order valence-corrected chi connectivity index (χ4v) is 3.78. The molecule has 0 aromatic carbocycles. The highest BCUT2D eigenvalue weighted by atomic mass is 31.1. The number of ether oxygens (including phenoxy) is 3. The topological polar surface area (TPSA) is 141 Å². The smallest absolute Gasteiger partial charge is 0.466 e. The highest BCUT2D eigenvalue weighted by Gasteiger charge is 2.08. The summed E-state index contributed by atoms with van der Waals surface area (Å²) in [5.41, 5.74) is 0. The molecule has 0 saturated carbocycles. The van der Waals surface area contributed by atoms with Crippen LogP contribution in [0.15, 0.2) is 0 Å². The van der Waals surface area contributed by atoms with E-state index in [2.05, 4.69) is 4.89 Å². The molecule has 0 aliphatic heterocycles. The van der Waals surface area contributed by atoms with Crippen LogP contribution in [0.2, 0.25) is 0 Å². The minimum atomic E-state index is -1.56. The fourth-order valence-electron chi connectivity index (χ4n) is 3.39. The third-order valence-electron chi connectivity index (χ3n) is 5.60. The molecule has 0 rings (SSSR count). The second kappa shape index (κ2) is 28.4. The maximum absolute atomic E-state index is 11.8. The lowest BCUT2D eigenvalue weighted by atomic mass is 10.2. The van der Waals surface area contributed by atoms with Gasteiger partial charge < -0.3 is 14.2 Å². The number of esters is 3. The molecule has 40 heavy (non-hydrogen) atoms. The fraction of sp³-hybridized carbons (Fsp3) is 0.857. The molecular weight excluding hydrogens is 543 g/mol. The zero-order chi connectivity index (χ0) is 29.7. The van der Waals surface area contributed by atoms with E-state index in [1.807, 2.05) is 6.92 Å². The van der Waals surface area contributed by atoms with Gasteiger partial charge in [0.15, 0.2) is 6.66 Å². The van der Waals surface area contributed by atoms with E-state index in [1.54, 1.807) is 0 Å². The van der Waals surface area contributed by atoms with E-state index in [9.17, 15) is 23.7 Å². The van der Waals surface area contributed by atoms with E-state index < -0.39 is 8.03 Å². The van der Waals surface area contributed by atoms with Gasteiger partial charge >= 0.3 is 31.9 Å². The minimum Gasteiger partial charge on any atom is -0.466 e. The summed E-state index contributed by atoms with van der Waals surface area (Å²) in [5.74, 6) is -1.09. The molecule has 0 aliphatic carbocycles. The Morgan fingerprint density at radius 1 is 0.500 bits per heavy atom. The summed E-state index contributed by atoms with van der Waals surface area (Å²) >= 11 is 0. The average Bonchev–Trinajstić information content (AvgIpc) is 2.92. The van der Waals surface area contributed by atoms with Crippen LogP contribution in [-0.2, 0) is 52.3 Å². The Hall–Kier alpha value is -2.10. The van der Waals surface area contributed by atoms with E-state index in [0.717, 1.165) is 44.9 Å². The number of unbranched alkanes of at least 4 members (excludes halogenated alkanes) is 8. The summed E-state index contributed by atoms with van der Waals surface area (Å²) in [6.45, 7) is 5.29. The van der Waals surface area contributed by atoms with Gasteiger partial charge in [0.25, 0.3) is 0 Å². The first-order chi connectivity index (χ1) is 19.3. The Kier molecular flexibility index (Phi) is 26.9. The zero-order valence-corrected chi connectivity index (χ0v) is 25.4. The predicted octanol–water partition coefficient (Wildman–Crippen LogP) is 6.13. The van der Waals surface area contributed by atoms with Gasteiger partial charge in [-0.1, -0.05) is 13.3 Å². The monoisotopic (exact) mass is 593 g/mol. The van der Waals surface area contributed by atoms with E-state index in [0.29, 0.717) is 90.8 Å². The largest absolute Gasteiger partial charge is 0.504 e. The first-order valence-corrected chi connectivity index (χ1v) is 16.3. The van der Waals surface area contributed by atoms with Gasteiger partial charge in [-0.15, -0.1) is 4.52 Å². The molecule has 11 nitrogen and oxygen atoms in total. The molecule has 0 saturated heterocycles. The standard InChI is InChI=1S/C28H50O11P/c1-3-20-37-39-28(32)19-11-6-14-23-36-26(30)17-9-4-12-21-34-25(29)16-8-5-13-22-35-27(31)18-10-7-15-24-38-40(2)33/h3-24H2,1-2H3/q+1. The Morgan fingerprint density at radius 2 is 0.875 bits per heavy atom. The first-order valence-electron chi connectivity index (χ1n) is 14.7. The molecule has 1 unspecified atom stereocenters. The van der Waals surface area contributed by atoms with Crippen LogP contribution in [0.25, 0.3) is 0 Å². The van der Waals surface area contributed by atoms with Crippen molar-refractivity contribution in [3.05, 3.63) is 0 Å². The predicted molar refractivity (Wildman–Crippen MR) is 149 cm³/mol. The maximum atomic E-state index is 11.8. The van der Waals surface area contributed by atoms with Crippen LogP contribution >= 0.6 is 8.03 Å². The summed E-state index contributed by atoms with van der Waals surface area (Å²) in [4.78, 5) is 55.9. The molecule has 1 atom stereocenters. The molecular formula is C28H50O11P+. The third kappa shape index (κ3) is 28.9. The molecule has 0 N–H and O–H groups in total. The van der Waals surface area contributed by atoms with E-state index in [1.165, 1.54) is 6.66 Å². The van der Waals surface area contributed by atoms with Gasteiger partial charge in [0.1, 0.15) is 6.61 Å². The van der Waals surface area contributed by atoms with Gasteiger partial charge in [-0.25, -0.2) is 4.79 Å². The van der Waals surface area contributed by atoms with Gasteiger partial charge in [0, 0.05) is 25.7 Å². The van der Waals surface area contributed by atoms with Crippen molar-refractivity contribution in [1.29, 1.82) is 0 Å². The van der Waals surface area contributed by atoms with Crippen LogP contribution in [0.5, 0.6) is 0 Å². The van der Waals surface area contributed by atoms with Gasteiger partial charge in [-0.2, -0.15) is 4.89 Å². The van der Waals surface area contributed by atoms with Crippen LogP contribution in [0.3, 0.4) is 0 Å². The SMILES string of the molecule is CCCOOC(=O)CCCCCOC(=O)CCCCCOC(=O)CCCCCOC(=O)CCCCCO[P+](C)=O. The quantitative estimate of drug-likeness (QED) is 0.0258. The van der Waals surface area contributed by atoms with Gasteiger partial charge in [0.05, 0.1) is 26.4 Å². The van der Waals surface area contributed by atoms with Crippen molar-refractivity contribution >= 4 is 31.9 Å². The average molecular weight is 594 g/mol. The van der Waals surface area contributed by atoms with Crippen LogP contribution in [0.4, 0.5) is 0 Å². The van der Waals surface area contributed by atoms with Crippen LogP contribution in [0, 0.1) is 0 Å². The summed E-state index contributed by atoms with van der Waals surface area (Å²) in [6, 6.07) is 0. The van der Waals surface area contributed by atoms with E-state index in [4.69, 9.17) is 23.6 Å². The molecule has 0 aliphatic rings. The van der Waals surface area contributed by atoms with Crippen molar-refractivity contribution in [1.82, 2.24) is 0 Å². The van der Waals surface area contributed by atoms with Gasteiger partial charge in [-0.3, -0.25) is 19.3 Å². The van der Waals surface area contributed by atoms with Crippen LogP contribution in [0.1, 0.15) is 116 Å². The molecule has 0 spiro atoms. The Morgan fingerprint density at radius 3 is 1.25 bits per heavy atom. The lowest BCUT2D eigenvalue weighted by molar-refractivity contribution is -0.272. The molecule has 0 amide bonds. The highest BCUT2D eigenvalue weighted by molar-refractivity contribution is 7.38. The maximum Gasteiger partial charge on any atom is 0.504 e. The lowest BCUT2D eigenvalue weighted by Crippen LogP contribution is -2.08. The Labute approximate surface area is 240 Å². The van der Waals surface area contributed by atoms with Gasteiger partial charge in [0.2, 0.25) is 0 Å². The number of hydrogen-bond acceptors (Lipinski definition) is 11. The van der Waals surface area contributed by atoms with Gasteiger partial charge in [-0.05, 0) is 81.6 Å². The lowest BCUT2D eigenvalue weighted by Gasteiger charge is -2.07. The van der Waals surface area contributed by atoms with E-state index in [-0.39, 0.29) is 30.3 Å². The van der Waals surface area contributed by atoms with E-state index >= 15 is 0 Å². The zero-order valence-electron chi connectivity index (χ0n) is 24.5. The molecule has 0 aromatic heterocycles. The van der Waals surface area contributed by atoms with Crippen molar-refractivity contribution in [2.24, 2.45) is 0 Å². The molecule has 0 bridgehead atoms. The molecule has 0 fully saturated rings. The second-order valence-electron chi connectivity index (χ2n) is 9.45. The molecule has 0 radical (unpaired) electrons. The number of carbonyl (C=O) groups is 4. The highest BCUT2D eigenvalue weighted by Crippen LogP contribution is 2.16. The molecule has 0 aromatic rings. The molecule has 12 heteroatoms. The summed E-state index contributed by atoms with van der Waals surface area (Å²) in [5, 5.41) is 0. The first kappa shape index (κ1) is 37.9. The summed E-state index contributed by atoms with van der Waals surface area (Å²) in [7, 11) is -1.56. The molecule has 0 heterocycles.